The predicted octanol–water partition coefficient (Wildman–Crippen LogP) is 4.03. The van der Waals surface area contributed by atoms with Crippen LogP contribution < -0.4 is 15.6 Å². The van der Waals surface area contributed by atoms with Crippen LogP contribution in [0.4, 0.5) is 18.2 Å². The summed E-state index contributed by atoms with van der Waals surface area (Å²) in [7, 11) is -0.980. The minimum Gasteiger partial charge on any atom is -0.461 e. The second kappa shape index (κ2) is 11.3. The molecule has 0 aliphatic carbocycles. The van der Waals surface area contributed by atoms with Gasteiger partial charge in [0.05, 0.1) is 22.6 Å². The molecule has 11 nitrogen and oxygen atoms in total. The van der Waals surface area contributed by atoms with E-state index < -0.39 is 39.6 Å². The largest absolute Gasteiger partial charge is 0.573 e. The Labute approximate surface area is 234 Å². The summed E-state index contributed by atoms with van der Waals surface area (Å²) in [5.74, 6) is -2.07. The lowest BCUT2D eigenvalue weighted by Gasteiger charge is -2.12. The summed E-state index contributed by atoms with van der Waals surface area (Å²) in [5.41, 5.74) is -0.934. The van der Waals surface area contributed by atoms with Crippen molar-refractivity contribution in [3.8, 4) is 11.4 Å². The number of benzene rings is 2. The molecule has 1 N–H and O–H groups in total. The molecule has 0 fully saturated rings. The maximum absolute atomic E-state index is 13.5. The van der Waals surface area contributed by atoms with Gasteiger partial charge in [0, 0.05) is 30.4 Å². The number of rotatable bonds is 8. The molecule has 0 saturated carbocycles. The van der Waals surface area contributed by atoms with E-state index in [1.54, 1.807) is 6.92 Å². The zero-order valence-corrected chi connectivity index (χ0v) is 23.2. The molecule has 0 unspecified atom stereocenters. The summed E-state index contributed by atoms with van der Waals surface area (Å²) in [6.07, 6.45) is -4.92. The number of amides is 1. The lowest BCUT2D eigenvalue weighted by molar-refractivity contribution is -0.274. The SMILES string of the molecule is CCOC(=O)c1nn(-c2ccc(OC(F)(F)F)cc2)c(=O)c2c(NC(=O)c3ccc(S(=O)(=O)N(C)C)cc3)scc12. The van der Waals surface area contributed by atoms with Crippen molar-refractivity contribution in [2.75, 3.05) is 26.0 Å². The van der Waals surface area contributed by atoms with Crippen LogP contribution in [0.2, 0.25) is 0 Å². The molecule has 2 aromatic carbocycles. The third kappa shape index (κ3) is 6.23. The van der Waals surface area contributed by atoms with Crippen LogP contribution in [0, 0.1) is 0 Å². The highest BCUT2D eigenvalue weighted by Crippen LogP contribution is 2.31. The molecule has 2 aromatic heterocycles. The first-order valence-corrected chi connectivity index (χ1v) is 14.0. The molecule has 16 heteroatoms. The Morgan fingerprint density at radius 2 is 1.71 bits per heavy atom. The highest BCUT2D eigenvalue weighted by Gasteiger charge is 2.31. The highest BCUT2D eigenvalue weighted by molar-refractivity contribution is 7.89. The molecule has 0 atom stereocenters. The van der Waals surface area contributed by atoms with Gasteiger partial charge in [-0.2, -0.15) is 9.78 Å². The van der Waals surface area contributed by atoms with Gasteiger partial charge in [0.15, 0.2) is 5.69 Å². The van der Waals surface area contributed by atoms with E-state index in [0.29, 0.717) is 0 Å². The van der Waals surface area contributed by atoms with Gasteiger partial charge in [0.25, 0.3) is 11.5 Å². The molecule has 41 heavy (non-hydrogen) atoms. The maximum Gasteiger partial charge on any atom is 0.573 e. The van der Waals surface area contributed by atoms with E-state index >= 15 is 0 Å². The highest BCUT2D eigenvalue weighted by atomic mass is 32.2. The van der Waals surface area contributed by atoms with Crippen molar-refractivity contribution in [3.63, 3.8) is 0 Å². The van der Waals surface area contributed by atoms with Gasteiger partial charge < -0.3 is 14.8 Å². The Kier molecular flexibility index (Phi) is 8.19. The number of nitrogens with one attached hydrogen (secondary N) is 1. The van der Waals surface area contributed by atoms with E-state index in [-0.39, 0.29) is 44.2 Å². The molecule has 0 spiro atoms. The first-order chi connectivity index (χ1) is 19.2. The summed E-state index contributed by atoms with van der Waals surface area (Å²) in [4.78, 5) is 39.2. The van der Waals surface area contributed by atoms with E-state index in [4.69, 9.17) is 4.74 Å². The Hall–Kier alpha value is -4.28. The van der Waals surface area contributed by atoms with Crippen LogP contribution in [0.25, 0.3) is 16.5 Å². The van der Waals surface area contributed by atoms with Crippen LogP contribution in [0.1, 0.15) is 27.8 Å². The number of anilines is 1. The molecule has 0 aliphatic rings. The number of nitrogens with zero attached hydrogens (tertiary/aromatic N) is 3. The molecule has 0 radical (unpaired) electrons. The van der Waals surface area contributed by atoms with Gasteiger partial charge in [-0.15, -0.1) is 24.5 Å². The second-order valence-electron chi connectivity index (χ2n) is 8.45. The van der Waals surface area contributed by atoms with Crippen LogP contribution in [0.15, 0.2) is 63.6 Å². The zero-order chi connectivity index (χ0) is 30.1. The molecule has 4 rings (SSSR count). The standard InChI is InChI=1S/C25H21F3N4O7S2/c1-4-38-24(35)20-18-13-40-22(29-21(33)14-5-11-17(12-6-14)41(36,37)31(2)3)19(18)23(34)32(30-20)15-7-9-16(10-8-15)39-25(26,27)28/h5-13H,4H2,1-3H3,(H,29,33). The Bertz CT molecular complexity index is 1780. The van der Waals surface area contributed by atoms with E-state index in [2.05, 4.69) is 15.2 Å². The van der Waals surface area contributed by atoms with Crippen LogP contribution >= 0.6 is 11.3 Å². The Morgan fingerprint density at radius 1 is 1.07 bits per heavy atom. The second-order valence-corrected chi connectivity index (χ2v) is 11.5. The third-order valence-corrected chi connectivity index (χ3v) is 8.28. The monoisotopic (exact) mass is 610 g/mol. The van der Waals surface area contributed by atoms with Crippen molar-refractivity contribution in [3.05, 3.63) is 75.5 Å². The van der Waals surface area contributed by atoms with Crippen LogP contribution in [-0.2, 0) is 14.8 Å². The fourth-order valence-corrected chi connectivity index (χ4v) is 5.45. The lowest BCUT2D eigenvalue weighted by Crippen LogP contribution is -2.25. The van der Waals surface area contributed by atoms with Crippen molar-refractivity contribution in [1.29, 1.82) is 0 Å². The summed E-state index contributed by atoms with van der Waals surface area (Å²) < 4.78 is 73.0. The van der Waals surface area contributed by atoms with Gasteiger partial charge in [-0.1, -0.05) is 0 Å². The summed E-state index contributed by atoms with van der Waals surface area (Å²) in [6.45, 7) is 1.57. The first kappa shape index (κ1) is 29.7. The number of hydrogen-bond donors (Lipinski definition) is 1. The van der Waals surface area contributed by atoms with Gasteiger partial charge in [0.1, 0.15) is 10.8 Å². The molecule has 0 saturated heterocycles. The summed E-state index contributed by atoms with van der Waals surface area (Å²) >= 11 is 0.933. The van der Waals surface area contributed by atoms with E-state index in [9.17, 15) is 36.0 Å². The molecular formula is C25H21F3N4O7S2. The zero-order valence-electron chi connectivity index (χ0n) is 21.6. The van der Waals surface area contributed by atoms with Gasteiger partial charge in [-0.25, -0.2) is 17.5 Å². The van der Waals surface area contributed by atoms with Gasteiger partial charge in [0.2, 0.25) is 10.0 Å². The number of hydrogen-bond acceptors (Lipinski definition) is 9. The van der Waals surface area contributed by atoms with Crippen molar-refractivity contribution < 1.29 is 40.7 Å². The van der Waals surface area contributed by atoms with Crippen molar-refractivity contribution in [2.45, 2.75) is 18.2 Å². The molecule has 216 valence electrons. The molecule has 0 aliphatic heterocycles. The number of carbonyl (C=O) groups excluding carboxylic acids is 2. The maximum atomic E-state index is 13.5. The van der Waals surface area contributed by atoms with Gasteiger partial charge in [-0.3, -0.25) is 9.59 Å². The number of aromatic nitrogens is 2. The Morgan fingerprint density at radius 3 is 2.27 bits per heavy atom. The van der Waals surface area contributed by atoms with E-state index in [0.717, 1.165) is 44.6 Å². The molecule has 2 heterocycles. The van der Waals surface area contributed by atoms with Crippen molar-refractivity contribution >= 4 is 49.0 Å². The number of ether oxygens (including phenoxy) is 2. The number of carbonyl (C=O) groups is 2. The number of thiophene rings is 1. The molecule has 4 aromatic rings. The van der Waals surface area contributed by atoms with Crippen LogP contribution in [0.3, 0.4) is 0 Å². The number of esters is 1. The number of sulfonamides is 1. The average molecular weight is 611 g/mol. The normalized spacial score (nSPS) is 12.0. The van der Waals surface area contributed by atoms with Crippen LogP contribution in [-0.4, -0.2) is 61.4 Å². The smallest absolute Gasteiger partial charge is 0.461 e. The van der Waals surface area contributed by atoms with Crippen LogP contribution in [0.5, 0.6) is 5.75 Å². The molecule has 1 amide bonds. The summed E-state index contributed by atoms with van der Waals surface area (Å²) in [5, 5.41) is 8.17. The molecule has 0 bridgehead atoms. The first-order valence-electron chi connectivity index (χ1n) is 11.6. The van der Waals surface area contributed by atoms with E-state index in [1.807, 2.05) is 0 Å². The topological polar surface area (TPSA) is 137 Å². The van der Waals surface area contributed by atoms with E-state index in [1.165, 1.54) is 43.7 Å². The van der Waals surface area contributed by atoms with Crippen molar-refractivity contribution in [1.82, 2.24) is 14.1 Å². The fraction of sp³-hybridized carbons (Fsp3) is 0.200. The summed E-state index contributed by atoms with van der Waals surface area (Å²) in [6, 6.07) is 9.36. The minimum absolute atomic E-state index is 0.00210. The Balaban J connectivity index is 1.76. The lowest BCUT2D eigenvalue weighted by atomic mass is 10.2. The van der Waals surface area contributed by atoms with Crippen molar-refractivity contribution in [2.24, 2.45) is 0 Å². The average Bonchev–Trinajstić information content (AvgIpc) is 3.32. The third-order valence-electron chi connectivity index (χ3n) is 5.56. The number of fused-ring (bicyclic) bond motifs is 1. The quantitative estimate of drug-likeness (QED) is 0.296. The van der Waals surface area contributed by atoms with Gasteiger partial charge >= 0.3 is 12.3 Å². The fourth-order valence-electron chi connectivity index (χ4n) is 3.62. The predicted molar refractivity (Wildman–Crippen MR) is 143 cm³/mol. The number of halogens is 3. The van der Waals surface area contributed by atoms with Gasteiger partial charge in [-0.05, 0) is 55.5 Å². The minimum atomic E-state index is -4.92. The number of alkyl halides is 3. The molecular weight excluding hydrogens is 589 g/mol.